The zero-order valence-corrected chi connectivity index (χ0v) is 11.7. The molecule has 0 fully saturated rings. The van der Waals surface area contributed by atoms with Crippen molar-refractivity contribution in [1.29, 1.82) is 0 Å². The molecular weight excluding hydrogens is 279 g/mol. The van der Waals surface area contributed by atoms with E-state index in [0.717, 1.165) is 6.42 Å². The fourth-order valence-electron chi connectivity index (χ4n) is 1.75. The van der Waals surface area contributed by atoms with Gasteiger partial charge < -0.3 is 5.11 Å². The minimum Gasteiger partial charge on any atom is -0.505 e. The van der Waals surface area contributed by atoms with Gasteiger partial charge in [-0.15, -0.1) is 0 Å². The number of aliphatic imine (C=N–C) groups is 1. The SMILES string of the molecule is CCCc1nccc(C=Nc2ccc(F)c(Cl)c2)c1O. The summed E-state index contributed by atoms with van der Waals surface area (Å²) in [7, 11) is 0. The highest BCUT2D eigenvalue weighted by molar-refractivity contribution is 6.31. The van der Waals surface area contributed by atoms with Crippen LogP contribution in [0.15, 0.2) is 35.5 Å². The Bertz CT molecular complexity index is 644. The molecule has 0 unspecified atom stereocenters. The minimum atomic E-state index is -0.484. The molecule has 104 valence electrons. The molecule has 0 aliphatic heterocycles. The second-order valence-corrected chi connectivity index (χ2v) is 4.71. The molecule has 1 N–H and O–H groups in total. The predicted molar refractivity (Wildman–Crippen MR) is 78.6 cm³/mol. The largest absolute Gasteiger partial charge is 0.505 e. The van der Waals surface area contributed by atoms with Gasteiger partial charge in [0.25, 0.3) is 0 Å². The van der Waals surface area contributed by atoms with Crippen LogP contribution in [0, 0.1) is 5.82 Å². The second-order valence-electron chi connectivity index (χ2n) is 4.30. The lowest BCUT2D eigenvalue weighted by atomic mass is 10.1. The first-order valence-corrected chi connectivity index (χ1v) is 6.65. The third-order valence-corrected chi connectivity index (χ3v) is 3.06. The van der Waals surface area contributed by atoms with Crippen LogP contribution in [0.3, 0.4) is 0 Å². The molecule has 0 radical (unpaired) electrons. The molecule has 2 rings (SSSR count). The van der Waals surface area contributed by atoms with Gasteiger partial charge in [0.2, 0.25) is 0 Å². The molecule has 0 amide bonds. The topological polar surface area (TPSA) is 45.5 Å². The summed E-state index contributed by atoms with van der Waals surface area (Å²) in [6.07, 6.45) is 4.74. The van der Waals surface area contributed by atoms with Crippen molar-refractivity contribution < 1.29 is 9.50 Å². The number of rotatable bonds is 4. The van der Waals surface area contributed by atoms with Crippen molar-refractivity contribution in [2.45, 2.75) is 19.8 Å². The molecule has 0 saturated carbocycles. The number of halogens is 2. The molecule has 2 aromatic rings. The smallest absolute Gasteiger partial charge is 0.145 e. The highest BCUT2D eigenvalue weighted by atomic mass is 35.5. The van der Waals surface area contributed by atoms with E-state index in [2.05, 4.69) is 9.98 Å². The van der Waals surface area contributed by atoms with Crippen LogP contribution in [0.1, 0.15) is 24.6 Å². The number of aryl methyl sites for hydroxylation is 1. The Morgan fingerprint density at radius 3 is 2.90 bits per heavy atom. The summed E-state index contributed by atoms with van der Waals surface area (Å²) >= 11 is 5.69. The molecule has 1 aromatic carbocycles. The van der Waals surface area contributed by atoms with Gasteiger partial charge in [0.15, 0.2) is 0 Å². The zero-order valence-electron chi connectivity index (χ0n) is 11.0. The van der Waals surface area contributed by atoms with Crippen LogP contribution in [0.25, 0.3) is 0 Å². The lowest BCUT2D eigenvalue weighted by Crippen LogP contribution is -1.93. The molecule has 0 atom stereocenters. The third kappa shape index (κ3) is 3.33. The highest BCUT2D eigenvalue weighted by Gasteiger charge is 2.06. The molecule has 5 heteroatoms. The van der Waals surface area contributed by atoms with E-state index in [1.165, 1.54) is 24.4 Å². The Labute approximate surface area is 121 Å². The van der Waals surface area contributed by atoms with Crippen LogP contribution in [0.4, 0.5) is 10.1 Å². The summed E-state index contributed by atoms with van der Waals surface area (Å²) in [5, 5.41) is 10.1. The summed E-state index contributed by atoms with van der Waals surface area (Å²) in [6.45, 7) is 2.02. The summed E-state index contributed by atoms with van der Waals surface area (Å²) < 4.78 is 13.0. The molecule has 1 aromatic heterocycles. The Kier molecular flexibility index (Phi) is 4.69. The van der Waals surface area contributed by atoms with Gasteiger partial charge in [-0.05, 0) is 30.7 Å². The molecule has 1 heterocycles. The van der Waals surface area contributed by atoms with Gasteiger partial charge in [-0.25, -0.2) is 4.39 Å². The fourth-order valence-corrected chi connectivity index (χ4v) is 1.92. The Balaban J connectivity index is 2.27. The lowest BCUT2D eigenvalue weighted by molar-refractivity contribution is 0.462. The van der Waals surface area contributed by atoms with Crippen molar-refractivity contribution in [2.75, 3.05) is 0 Å². The summed E-state index contributed by atoms with van der Waals surface area (Å²) in [4.78, 5) is 8.30. The van der Waals surface area contributed by atoms with E-state index in [-0.39, 0.29) is 10.8 Å². The molecule has 3 nitrogen and oxygen atoms in total. The van der Waals surface area contributed by atoms with Crippen molar-refractivity contribution in [2.24, 2.45) is 4.99 Å². The van der Waals surface area contributed by atoms with Gasteiger partial charge >= 0.3 is 0 Å². The molecule has 0 spiro atoms. The van der Waals surface area contributed by atoms with Gasteiger partial charge in [0.1, 0.15) is 11.6 Å². The highest BCUT2D eigenvalue weighted by Crippen LogP contribution is 2.23. The fraction of sp³-hybridized carbons (Fsp3) is 0.200. The first-order valence-electron chi connectivity index (χ1n) is 6.27. The number of benzene rings is 1. The van der Waals surface area contributed by atoms with Crippen LogP contribution in [-0.4, -0.2) is 16.3 Å². The van der Waals surface area contributed by atoms with E-state index in [4.69, 9.17) is 11.6 Å². The van der Waals surface area contributed by atoms with Crippen molar-refractivity contribution >= 4 is 23.5 Å². The van der Waals surface area contributed by atoms with Crippen LogP contribution < -0.4 is 0 Å². The Hall–Kier alpha value is -1.94. The second kappa shape index (κ2) is 6.48. The lowest BCUT2D eigenvalue weighted by Gasteiger charge is -2.04. The number of hydrogen-bond acceptors (Lipinski definition) is 3. The number of nitrogens with zero attached hydrogens (tertiary/aromatic N) is 2. The van der Waals surface area contributed by atoms with E-state index in [0.29, 0.717) is 23.4 Å². The third-order valence-electron chi connectivity index (χ3n) is 2.77. The van der Waals surface area contributed by atoms with Gasteiger partial charge in [-0.3, -0.25) is 9.98 Å². The maximum absolute atomic E-state index is 13.0. The number of hydrogen-bond donors (Lipinski definition) is 1. The first kappa shape index (κ1) is 14.5. The standard InChI is InChI=1S/C15H14ClFN2O/c1-2-3-14-15(20)10(6-7-18-14)9-19-11-4-5-13(17)12(16)8-11/h4-9,20H,2-3H2,1H3. The predicted octanol–water partition coefficient (Wildman–Crippen LogP) is 4.28. The Morgan fingerprint density at radius 1 is 1.40 bits per heavy atom. The van der Waals surface area contributed by atoms with Gasteiger partial charge in [0.05, 0.1) is 16.4 Å². The number of aromatic hydroxyl groups is 1. The quantitative estimate of drug-likeness (QED) is 0.855. The first-order chi connectivity index (χ1) is 9.61. The Morgan fingerprint density at radius 2 is 2.20 bits per heavy atom. The normalized spacial score (nSPS) is 11.2. The molecule has 0 aliphatic rings. The van der Waals surface area contributed by atoms with E-state index in [1.54, 1.807) is 12.3 Å². The van der Waals surface area contributed by atoms with E-state index >= 15 is 0 Å². The van der Waals surface area contributed by atoms with Crippen LogP contribution in [0.2, 0.25) is 5.02 Å². The zero-order chi connectivity index (χ0) is 14.5. The summed E-state index contributed by atoms with van der Waals surface area (Å²) in [5.41, 5.74) is 1.74. The molecule has 20 heavy (non-hydrogen) atoms. The van der Waals surface area contributed by atoms with Crippen LogP contribution in [-0.2, 0) is 6.42 Å². The monoisotopic (exact) mass is 292 g/mol. The van der Waals surface area contributed by atoms with Crippen LogP contribution >= 0.6 is 11.6 Å². The van der Waals surface area contributed by atoms with Crippen molar-refractivity contribution in [3.05, 3.63) is 52.6 Å². The minimum absolute atomic E-state index is 0.0188. The molecule has 0 bridgehead atoms. The summed E-state index contributed by atoms with van der Waals surface area (Å²) in [5.74, 6) is -0.353. The van der Waals surface area contributed by atoms with E-state index in [1.807, 2.05) is 6.92 Å². The van der Waals surface area contributed by atoms with Gasteiger partial charge in [-0.2, -0.15) is 0 Å². The molecule has 0 saturated heterocycles. The van der Waals surface area contributed by atoms with Crippen molar-refractivity contribution in [3.63, 3.8) is 0 Å². The number of aromatic nitrogens is 1. The van der Waals surface area contributed by atoms with Crippen molar-refractivity contribution in [3.8, 4) is 5.75 Å². The average Bonchev–Trinajstić information content (AvgIpc) is 2.44. The van der Waals surface area contributed by atoms with E-state index in [9.17, 15) is 9.50 Å². The summed E-state index contributed by atoms with van der Waals surface area (Å²) in [6, 6.07) is 5.87. The van der Waals surface area contributed by atoms with E-state index < -0.39 is 5.82 Å². The van der Waals surface area contributed by atoms with Gasteiger partial charge in [-0.1, -0.05) is 24.9 Å². The molecule has 0 aliphatic carbocycles. The average molecular weight is 293 g/mol. The van der Waals surface area contributed by atoms with Crippen molar-refractivity contribution in [1.82, 2.24) is 4.98 Å². The van der Waals surface area contributed by atoms with Crippen LogP contribution in [0.5, 0.6) is 5.75 Å². The van der Waals surface area contributed by atoms with Gasteiger partial charge in [0, 0.05) is 18.0 Å². The number of pyridine rings is 1. The molecular formula is C15H14ClFN2O. The maximum atomic E-state index is 13.0. The maximum Gasteiger partial charge on any atom is 0.145 e.